The zero-order chi connectivity index (χ0) is 21.6. The molecule has 0 saturated carbocycles. The molecule has 0 aromatic heterocycles. The van der Waals surface area contributed by atoms with Crippen molar-refractivity contribution in [2.45, 2.75) is 19.4 Å². The Morgan fingerprint density at radius 1 is 1.14 bits per heavy atom. The summed E-state index contributed by atoms with van der Waals surface area (Å²) >= 11 is 0. The first-order chi connectivity index (χ1) is 13.1. The number of ether oxygens (including phenoxy) is 1. The van der Waals surface area contributed by atoms with Gasteiger partial charge in [0, 0.05) is 32.9 Å². The number of benzene rings is 1. The minimum absolute atomic E-state index is 0.316. The van der Waals surface area contributed by atoms with E-state index in [2.05, 4.69) is 6.58 Å². The number of esters is 1. The van der Waals surface area contributed by atoms with Crippen LogP contribution < -0.4 is 0 Å². The maximum atomic E-state index is 11.1. The molecule has 1 N–H and O–H groups in total. The van der Waals surface area contributed by atoms with Crippen LogP contribution in [0.5, 0.6) is 0 Å². The molecule has 0 unspecified atom stereocenters. The molecular formula is C18H28O8SSi. The predicted molar refractivity (Wildman–Crippen MR) is 109 cm³/mol. The average molecular weight is 433 g/mol. The summed E-state index contributed by atoms with van der Waals surface area (Å²) in [4.78, 5) is 11.1. The second-order valence-electron chi connectivity index (χ2n) is 5.54. The van der Waals surface area contributed by atoms with Gasteiger partial charge in [-0.2, -0.15) is 8.42 Å². The number of rotatable bonds is 10. The largest absolute Gasteiger partial charge is 0.500 e. The molecule has 1 rings (SSSR count). The van der Waals surface area contributed by atoms with E-state index >= 15 is 0 Å². The van der Waals surface area contributed by atoms with Crippen molar-refractivity contribution in [3.63, 3.8) is 0 Å². The minimum Gasteiger partial charge on any atom is -0.462 e. The van der Waals surface area contributed by atoms with E-state index in [9.17, 15) is 13.2 Å². The Hall–Kier alpha value is -1.82. The lowest BCUT2D eigenvalue weighted by Gasteiger charge is -2.24. The number of hydrogen-bond acceptors (Lipinski definition) is 7. The molecule has 0 amide bonds. The van der Waals surface area contributed by atoms with Crippen molar-refractivity contribution in [3.8, 4) is 0 Å². The molecule has 10 heteroatoms. The fraction of sp³-hybridized carbons (Fsp3) is 0.389. The van der Waals surface area contributed by atoms with Gasteiger partial charge < -0.3 is 18.0 Å². The molecule has 0 aliphatic rings. The third-order valence-electron chi connectivity index (χ3n) is 3.37. The molecule has 0 bridgehead atoms. The molecule has 1 aromatic carbocycles. The SMILES string of the molecule is C=C(C)C(=O)OCCC[Si](OC)(OC)OC.O=S(=O)(O)C=Cc1ccccc1. The molecule has 0 atom stereocenters. The summed E-state index contributed by atoms with van der Waals surface area (Å²) in [5.41, 5.74) is 1.13. The van der Waals surface area contributed by atoms with Gasteiger partial charge in [-0.3, -0.25) is 4.55 Å². The zero-order valence-corrected chi connectivity index (χ0v) is 18.4. The summed E-state index contributed by atoms with van der Waals surface area (Å²) < 4.78 is 49.5. The summed E-state index contributed by atoms with van der Waals surface area (Å²) in [7, 11) is -1.87. The highest BCUT2D eigenvalue weighted by Gasteiger charge is 2.36. The van der Waals surface area contributed by atoms with Crippen LogP contribution in [0.4, 0.5) is 0 Å². The van der Waals surface area contributed by atoms with Gasteiger partial charge in [0.1, 0.15) is 0 Å². The van der Waals surface area contributed by atoms with Crippen LogP contribution in [0.25, 0.3) is 6.08 Å². The molecule has 1 aromatic rings. The Labute approximate surface area is 167 Å². The lowest BCUT2D eigenvalue weighted by Crippen LogP contribution is -2.42. The zero-order valence-electron chi connectivity index (χ0n) is 16.6. The first-order valence-corrected chi connectivity index (χ1v) is 11.7. The smallest absolute Gasteiger partial charge is 0.462 e. The third-order valence-corrected chi connectivity index (χ3v) is 6.69. The van der Waals surface area contributed by atoms with Crippen LogP contribution in [0.15, 0.2) is 47.9 Å². The minimum atomic E-state index is -4.00. The van der Waals surface area contributed by atoms with Crippen LogP contribution in [-0.2, 0) is 32.9 Å². The molecule has 158 valence electrons. The van der Waals surface area contributed by atoms with Crippen LogP contribution in [-0.4, -0.2) is 55.7 Å². The first kappa shape index (κ1) is 26.2. The summed E-state index contributed by atoms with van der Waals surface area (Å²) in [5.74, 6) is -0.375. The van der Waals surface area contributed by atoms with Crippen molar-refractivity contribution in [1.82, 2.24) is 0 Å². The lowest BCUT2D eigenvalue weighted by molar-refractivity contribution is -0.139. The van der Waals surface area contributed by atoms with Gasteiger partial charge >= 0.3 is 14.8 Å². The van der Waals surface area contributed by atoms with Crippen LogP contribution in [0.3, 0.4) is 0 Å². The first-order valence-electron chi connectivity index (χ1n) is 8.28. The van der Waals surface area contributed by atoms with Crippen molar-refractivity contribution in [1.29, 1.82) is 0 Å². The van der Waals surface area contributed by atoms with Gasteiger partial charge in [0.15, 0.2) is 0 Å². The Morgan fingerprint density at radius 2 is 1.68 bits per heavy atom. The maximum absolute atomic E-state index is 11.1. The van der Waals surface area contributed by atoms with E-state index in [1.807, 2.05) is 6.07 Å². The van der Waals surface area contributed by atoms with E-state index in [0.717, 1.165) is 11.0 Å². The van der Waals surface area contributed by atoms with Gasteiger partial charge in [-0.25, -0.2) is 4.79 Å². The average Bonchev–Trinajstić information content (AvgIpc) is 2.67. The van der Waals surface area contributed by atoms with Crippen molar-refractivity contribution >= 4 is 31.0 Å². The highest BCUT2D eigenvalue weighted by atomic mass is 32.2. The molecule has 0 radical (unpaired) electrons. The van der Waals surface area contributed by atoms with Crippen LogP contribution >= 0.6 is 0 Å². The van der Waals surface area contributed by atoms with E-state index in [-0.39, 0.29) is 5.97 Å². The van der Waals surface area contributed by atoms with Gasteiger partial charge in [0.25, 0.3) is 10.1 Å². The van der Waals surface area contributed by atoms with Gasteiger partial charge in [0.2, 0.25) is 0 Å². The molecular weight excluding hydrogens is 404 g/mol. The normalized spacial score (nSPS) is 11.6. The summed E-state index contributed by atoms with van der Waals surface area (Å²) in [6.45, 7) is 5.42. The van der Waals surface area contributed by atoms with Crippen LogP contribution in [0, 0.1) is 0 Å². The molecule has 0 aliphatic carbocycles. The highest BCUT2D eigenvalue weighted by molar-refractivity contribution is 7.88. The topological polar surface area (TPSA) is 108 Å². The Kier molecular flexibility index (Phi) is 12.5. The van der Waals surface area contributed by atoms with Crippen molar-refractivity contribution in [3.05, 3.63) is 53.5 Å². The quantitative estimate of drug-likeness (QED) is 0.198. The molecule has 0 spiro atoms. The molecule has 0 saturated heterocycles. The van der Waals surface area contributed by atoms with E-state index in [1.165, 1.54) is 6.08 Å². The molecule has 0 aliphatic heterocycles. The maximum Gasteiger partial charge on any atom is 0.500 e. The molecule has 0 fully saturated rings. The Balaban J connectivity index is 0.000000540. The number of hydrogen-bond donors (Lipinski definition) is 1. The van der Waals surface area contributed by atoms with Gasteiger partial charge in [-0.15, -0.1) is 0 Å². The third kappa shape index (κ3) is 11.8. The van der Waals surface area contributed by atoms with E-state index < -0.39 is 18.9 Å². The summed E-state index contributed by atoms with van der Waals surface area (Å²) in [5, 5.41) is 0.752. The summed E-state index contributed by atoms with van der Waals surface area (Å²) in [6, 6.07) is 9.47. The van der Waals surface area contributed by atoms with Crippen LogP contribution in [0.2, 0.25) is 6.04 Å². The van der Waals surface area contributed by atoms with Crippen molar-refractivity contribution in [2.75, 3.05) is 27.9 Å². The summed E-state index contributed by atoms with van der Waals surface area (Å²) in [6.07, 6.45) is 1.97. The van der Waals surface area contributed by atoms with E-state index in [1.54, 1.807) is 52.5 Å². The number of carbonyl (C=O) groups excluding carboxylic acids is 1. The van der Waals surface area contributed by atoms with Crippen LogP contribution in [0.1, 0.15) is 18.9 Å². The fourth-order valence-electron chi connectivity index (χ4n) is 1.86. The van der Waals surface area contributed by atoms with Crippen molar-refractivity contribution in [2.24, 2.45) is 0 Å². The molecule has 0 heterocycles. The van der Waals surface area contributed by atoms with Gasteiger partial charge in [-0.05, 0) is 25.0 Å². The fourth-order valence-corrected chi connectivity index (χ4v) is 3.88. The van der Waals surface area contributed by atoms with E-state index in [0.29, 0.717) is 24.6 Å². The van der Waals surface area contributed by atoms with Crippen molar-refractivity contribution < 1.29 is 35.8 Å². The Bertz CT molecular complexity index is 719. The second kappa shape index (κ2) is 13.4. The second-order valence-corrected chi connectivity index (χ2v) is 9.94. The van der Waals surface area contributed by atoms with Gasteiger partial charge in [0.05, 0.1) is 12.0 Å². The highest BCUT2D eigenvalue weighted by Crippen LogP contribution is 2.14. The Morgan fingerprint density at radius 3 is 2.11 bits per heavy atom. The number of carbonyl (C=O) groups is 1. The molecule has 28 heavy (non-hydrogen) atoms. The van der Waals surface area contributed by atoms with E-state index in [4.69, 9.17) is 22.6 Å². The van der Waals surface area contributed by atoms with Gasteiger partial charge in [-0.1, -0.05) is 36.9 Å². The lowest BCUT2D eigenvalue weighted by atomic mass is 10.2. The predicted octanol–water partition coefficient (Wildman–Crippen LogP) is 2.92. The standard InChI is InChI=1S/C10H20O5Si.C8H8O3S/c1-9(2)10(11)15-7-6-8-16(12-3,13-4)14-5;9-12(10,11)7-6-8-4-2-1-3-5-8/h1,6-8H2,2-5H3;1-7H,(H,9,10,11). The molecule has 8 nitrogen and oxygen atoms in total. The monoisotopic (exact) mass is 432 g/mol.